The highest BCUT2D eigenvalue weighted by Crippen LogP contribution is 2.28. The van der Waals surface area contributed by atoms with Gasteiger partial charge in [0.25, 0.3) is 5.69 Å². The van der Waals surface area contributed by atoms with E-state index in [1.807, 2.05) is 0 Å². The molecule has 6 heteroatoms. The molecule has 0 aromatic heterocycles. The first-order chi connectivity index (χ1) is 7.10. The lowest BCUT2D eigenvalue weighted by Gasteiger charge is -2.12. The summed E-state index contributed by atoms with van der Waals surface area (Å²) in [5, 5.41) is 19.8. The predicted octanol–water partition coefficient (Wildman–Crippen LogP) is 1.39. The van der Waals surface area contributed by atoms with E-state index in [-0.39, 0.29) is 18.8 Å². The standard InChI is InChI=1S/C9H11BrN2O3/c10-7-1-2-8(6(4-11)5-13)9(3-7)12(14)15/h1-3,6,13H,4-5,11H2. The Morgan fingerprint density at radius 3 is 2.73 bits per heavy atom. The molecule has 5 nitrogen and oxygen atoms in total. The van der Waals surface area contributed by atoms with Crippen LogP contribution in [0.15, 0.2) is 22.7 Å². The number of aliphatic hydroxyl groups is 1. The molecule has 0 radical (unpaired) electrons. The zero-order chi connectivity index (χ0) is 11.4. The second-order valence-electron chi connectivity index (χ2n) is 3.08. The van der Waals surface area contributed by atoms with Crippen LogP contribution in [-0.4, -0.2) is 23.2 Å². The van der Waals surface area contributed by atoms with Gasteiger partial charge in [-0.1, -0.05) is 22.0 Å². The Morgan fingerprint density at radius 1 is 1.60 bits per heavy atom. The van der Waals surface area contributed by atoms with Gasteiger partial charge in [0.05, 0.1) is 11.5 Å². The smallest absolute Gasteiger partial charge is 0.274 e. The van der Waals surface area contributed by atoms with Crippen molar-refractivity contribution in [2.75, 3.05) is 13.2 Å². The van der Waals surface area contributed by atoms with Crippen molar-refractivity contribution in [3.8, 4) is 0 Å². The van der Waals surface area contributed by atoms with Crippen molar-refractivity contribution >= 4 is 21.6 Å². The van der Waals surface area contributed by atoms with Crippen LogP contribution in [0.25, 0.3) is 0 Å². The number of nitro groups is 1. The third kappa shape index (κ3) is 2.74. The van der Waals surface area contributed by atoms with Gasteiger partial charge in [0.2, 0.25) is 0 Å². The summed E-state index contributed by atoms with van der Waals surface area (Å²) in [5.74, 6) is -0.390. The fourth-order valence-electron chi connectivity index (χ4n) is 1.32. The molecule has 1 atom stereocenters. The van der Waals surface area contributed by atoms with Gasteiger partial charge in [0.15, 0.2) is 0 Å². The van der Waals surface area contributed by atoms with Crippen molar-refractivity contribution in [1.29, 1.82) is 0 Å². The lowest BCUT2D eigenvalue weighted by molar-refractivity contribution is -0.385. The van der Waals surface area contributed by atoms with E-state index in [0.717, 1.165) is 0 Å². The zero-order valence-corrected chi connectivity index (χ0v) is 9.48. The summed E-state index contributed by atoms with van der Waals surface area (Å²) in [4.78, 5) is 10.3. The zero-order valence-electron chi connectivity index (χ0n) is 7.89. The average molecular weight is 275 g/mol. The summed E-state index contributed by atoms with van der Waals surface area (Å²) in [5.41, 5.74) is 5.87. The summed E-state index contributed by atoms with van der Waals surface area (Å²) in [6.07, 6.45) is 0. The normalized spacial score (nSPS) is 12.5. The van der Waals surface area contributed by atoms with Gasteiger partial charge in [0, 0.05) is 28.6 Å². The molecule has 0 fully saturated rings. The highest BCUT2D eigenvalue weighted by atomic mass is 79.9. The lowest BCUT2D eigenvalue weighted by Crippen LogP contribution is -2.17. The SMILES string of the molecule is NCC(CO)c1ccc(Br)cc1[N+](=O)[O-]. The highest BCUT2D eigenvalue weighted by molar-refractivity contribution is 9.10. The molecule has 15 heavy (non-hydrogen) atoms. The summed E-state index contributed by atoms with van der Waals surface area (Å²) in [6, 6.07) is 4.71. The number of benzene rings is 1. The molecule has 1 aromatic carbocycles. The second-order valence-corrected chi connectivity index (χ2v) is 3.99. The maximum Gasteiger partial charge on any atom is 0.274 e. The molecule has 0 heterocycles. The van der Waals surface area contributed by atoms with E-state index < -0.39 is 10.8 Å². The van der Waals surface area contributed by atoms with Gasteiger partial charge >= 0.3 is 0 Å². The van der Waals surface area contributed by atoms with E-state index in [9.17, 15) is 10.1 Å². The predicted molar refractivity (Wildman–Crippen MR) is 59.7 cm³/mol. The number of halogens is 1. The van der Waals surface area contributed by atoms with Crippen molar-refractivity contribution in [3.63, 3.8) is 0 Å². The Kier molecular flexibility index (Phi) is 4.19. The van der Waals surface area contributed by atoms with Crippen LogP contribution in [0.4, 0.5) is 5.69 Å². The third-order valence-electron chi connectivity index (χ3n) is 2.13. The highest BCUT2D eigenvalue weighted by Gasteiger charge is 2.20. The Labute approximate surface area is 95.2 Å². The number of hydrogen-bond acceptors (Lipinski definition) is 4. The van der Waals surface area contributed by atoms with Crippen LogP contribution in [0.1, 0.15) is 11.5 Å². The molecular weight excluding hydrogens is 264 g/mol. The first kappa shape index (κ1) is 12.1. The number of hydrogen-bond donors (Lipinski definition) is 2. The van der Waals surface area contributed by atoms with E-state index in [1.165, 1.54) is 6.07 Å². The largest absolute Gasteiger partial charge is 0.396 e. The van der Waals surface area contributed by atoms with E-state index in [1.54, 1.807) is 12.1 Å². The summed E-state index contributed by atoms with van der Waals surface area (Å²) < 4.78 is 0.631. The number of nitrogens with two attached hydrogens (primary N) is 1. The minimum Gasteiger partial charge on any atom is -0.396 e. The topological polar surface area (TPSA) is 89.4 Å². The first-order valence-corrected chi connectivity index (χ1v) is 5.14. The molecule has 0 spiro atoms. The molecule has 0 aliphatic rings. The number of nitro benzene ring substituents is 1. The molecule has 82 valence electrons. The van der Waals surface area contributed by atoms with Gasteiger partial charge in [-0.3, -0.25) is 10.1 Å². The second kappa shape index (κ2) is 5.20. The molecule has 0 bridgehead atoms. The minimum atomic E-state index is -0.474. The van der Waals surface area contributed by atoms with Gasteiger partial charge in [0.1, 0.15) is 0 Å². The molecule has 3 N–H and O–H groups in total. The van der Waals surface area contributed by atoms with E-state index in [0.29, 0.717) is 10.0 Å². The van der Waals surface area contributed by atoms with E-state index >= 15 is 0 Å². The van der Waals surface area contributed by atoms with Crippen LogP contribution in [0.5, 0.6) is 0 Å². The van der Waals surface area contributed by atoms with Gasteiger partial charge in [-0.05, 0) is 6.07 Å². The quantitative estimate of drug-likeness (QED) is 0.642. The van der Waals surface area contributed by atoms with Crippen LogP contribution in [0, 0.1) is 10.1 Å². The van der Waals surface area contributed by atoms with Crippen LogP contribution < -0.4 is 5.73 Å². The fraction of sp³-hybridized carbons (Fsp3) is 0.333. The van der Waals surface area contributed by atoms with Crippen LogP contribution in [0.3, 0.4) is 0 Å². The molecule has 0 saturated carbocycles. The van der Waals surface area contributed by atoms with Gasteiger partial charge < -0.3 is 10.8 Å². The minimum absolute atomic E-state index is 0.0196. The summed E-state index contributed by atoms with van der Waals surface area (Å²) in [6.45, 7) is -0.0159. The molecule has 1 unspecified atom stereocenters. The number of nitrogens with zero attached hydrogens (tertiary/aromatic N) is 1. The van der Waals surface area contributed by atoms with Crippen molar-refractivity contribution < 1.29 is 10.0 Å². The van der Waals surface area contributed by atoms with Gasteiger partial charge in [-0.2, -0.15) is 0 Å². The molecule has 0 saturated heterocycles. The molecule has 0 amide bonds. The number of aliphatic hydroxyl groups excluding tert-OH is 1. The molecule has 1 aromatic rings. The lowest BCUT2D eigenvalue weighted by atomic mass is 9.98. The Balaban J connectivity index is 3.21. The van der Waals surface area contributed by atoms with Crippen molar-refractivity contribution in [1.82, 2.24) is 0 Å². The van der Waals surface area contributed by atoms with Crippen molar-refractivity contribution in [2.24, 2.45) is 5.73 Å². The van der Waals surface area contributed by atoms with Gasteiger partial charge in [-0.25, -0.2) is 0 Å². The monoisotopic (exact) mass is 274 g/mol. The number of rotatable bonds is 4. The molecule has 0 aliphatic heterocycles. The first-order valence-electron chi connectivity index (χ1n) is 4.35. The maximum atomic E-state index is 10.8. The van der Waals surface area contributed by atoms with E-state index in [4.69, 9.17) is 10.8 Å². The Morgan fingerprint density at radius 2 is 2.27 bits per heavy atom. The Bertz CT molecular complexity index is 366. The molecule has 1 rings (SSSR count). The van der Waals surface area contributed by atoms with Crippen molar-refractivity contribution in [2.45, 2.75) is 5.92 Å². The molecular formula is C9H11BrN2O3. The third-order valence-corrected chi connectivity index (χ3v) is 2.63. The summed E-state index contributed by atoms with van der Waals surface area (Å²) in [7, 11) is 0. The average Bonchev–Trinajstić information content (AvgIpc) is 2.21. The van der Waals surface area contributed by atoms with Crippen molar-refractivity contribution in [3.05, 3.63) is 38.3 Å². The summed E-state index contributed by atoms with van der Waals surface area (Å²) >= 11 is 3.16. The fourth-order valence-corrected chi connectivity index (χ4v) is 1.67. The van der Waals surface area contributed by atoms with Crippen LogP contribution in [0.2, 0.25) is 0 Å². The van der Waals surface area contributed by atoms with Gasteiger partial charge in [-0.15, -0.1) is 0 Å². The van der Waals surface area contributed by atoms with Crippen LogP contribution >= 0.6 is 15.9 Å². The molecule has 0 aliphatic carbocycles. The van der Waals surface area contributed by atoms with E-state index in [2.05, 4.69) is 15.9 Å². The maximum absolute atomic E-state index is 10.8. The van der Waals surface area contributed by atoms with Crippen LogP contribution in [-0.2, 0) is 0 Å². The Hall–Kier alpha value is -0.980.